The Morgan fingerprint density at radius 2 is 2.30 bits per heavy atom. The van der Waals surface area contributed by atoms with Gasteiger partial charge in [0.25, 0.3) is 5.69 Å². The zero-order valence-electron chi connectivity index (χ0n) is 11.3. The highest BCUT2D eigenvalue weighted by Gasteiger charge is 2.07. The summed E-state index contributed by atoms with van der Waals surface area (Å²) in [6, 6.07) is 5.97. The molecule has 1 amide bonds. The van der Waals surface area contributed by atoms with Crippen molar-refractivity contribution in [3.05, 3.63) is 46.0 Å². The summed E-state index contributed by atoms with van der Waals surface area (Å²) in [5, 5.41) is 22.2. The molecule has 0 radical (unpaired) electrons. The SMILES string of the molecule is CCC(CCO)NC(=O)/C=C/c1cccc([N+](=O)[O-])c1. The van der Waals surface area contributed by atoms with Crippen molar-refractivity contribution in [2.24, 2.45) is 0 Å². The number of nitrogens with zero attached hydrogens (tertiary/aromatic N) is 1. The van der Waals surface area contributed by atoms with Gasteiger partial charge in [0.05, 0.1) is 4.92 Å². The van der Waals surface area contributed by atoms with E-state index in [2.05, 4.69) is 5.32 Å². The first-order valence-corrected chi connectivity index (χ1v) is 6.40. The Morgan fingerprint density at radius 1 is 1.55 bits per heavy atom. The number of carbonyl (C=O) groups excluding carboxylic acids is 1. The first-order valence-electron chi connectivity index (χ1n) is 6.40. The van der Waals surface area contributed by atoms with Crippen LogP contribution in [-0.2, 0) is 4.79 Å². The molecule has 0 saturated carbocycles. The topological polar surface area (TPSA) is 92.5 Å². The van der Waals surface area contributed by atoms with Gasteiger partial charge in [0.15, 0.2) is 0 Å². The number of carbonyl (C=O) groups is 1. The number of nitro groups is 1. The van der Waals surface area contributed by atoms with Crippen LogP contribution >= 0.6 is 0 Å². The van der Waals surface area contributed by atoms with Gasteiger partial charge in [-0.25, -0.2) is 0 Å². The fourth-order valence-corrected chi connectivity index (χ4v) is 1.70. The van der Waals surface area contributed by atoms with Gasteiger partial charge < -0.3 is 10.4 Å². The molecule has 0 spiro atoms. The molecule has 0 saturated heterocycles. The molecule has 0 aromatic heterocycles. The fourth-order valence-electron chi connectivity index (χ4n) is 1.70. The second-order valence-electron chi connectivity index (χ2n) is 4.31. The van der Waals surface area contributed by atoms with Crippen molar-refractivity contribution in [1.29, 1.82) is 0 Å². The fraction of sp³-hybridized carbons (Fsp3) is 0.357. The first-order chi connectivity index (χ1) is 9.56. The summed E-state index contributed by atoms with van der Waals surface area (Å²) < 4.78 is 0. The van der Waals surface area contributed by atoms with Crippen LogP contribution in [0.1, 0.15) is 25.3 Å². The van der Waals surface area contributed by atoms with Crippen molar-refractivity contribution in [1.82, 2.24) is 5.32 Å². The van der Waals surface area contributed by atoms with Crippen LogP contribution in [0.4, 0.5) is 5.69 Å². The lowest BCUT2D eigenvalue weighted by Crippen LogP contribution is -2.33. The van der Waals surface area contributed by atoms with Crippen LogP contribution < -0.4 is 5.32 Å². The van der Waals surface area contributed by atoms with E-state index in [4.69, 9.17) is 5.11 Å². The molecule has 1 rings (SSSR count). The van der Waals surface area contributed by atoms with Crippen LogP contribution in [0, 0.1) is 10.1 Å². The third-order valence-corrected chi connectivity index (χ3v) is 2.82. The Hall–Kier alpha value is -2.21. The first kappa shape index (κ1) is 15.8. The smallest absolute Gasteiger partial charge is 0.270 e. The molecule has 6 heteroatoms. The third-order valence-electron chi connectivity index (χ3n) is 2.82. The van der Waals surface area contributed by atoms with Crippen molar-refractivity contribution in [3.63, 3.8) is 0 Å². The molecular weight excluding hydrogens is 260 g/mol. The minimum atomic E-state index is -0.480. The Balaban J connectivity index is 2.65. The van der Waals surface area contributed by atoms with Gasteiger partial charge in [0, 0.05) is 30.9 Å². The van der Waals surface area contributed by atoms with E-state index in [0.717, 1.165) is 6.42 Å². The standard InChI is InChI=1S/C14H18N2O4/c1-2-12(8-9-17)15-14(18)7-6-11-4-3-5-13(10-11)16(19)20/h3-7,10,12,17H,2,8-9H2,1H3,(H,15,18)/b7-6+. The quantitative estimate of drug-likeness (QED) is 0.452. The number of aliphatic hydroxyl groups is 1. The van der Waals surface area contributed by atoms with Crippen molar-refractivity contribution in [3.8, 4) is 0 Å². The average molecular weight is 278 g/mol. The lowest BCUT2D eigenvalue weighted by atomic mass is 10.1. The van der Waals surface area contributed by atoms with Crippen molar-refractivity contribution >= 4 is 17.7 Å². The summed E-state index contributed by atoms with van der Waals surface area (Å²) in [4.78, 5) is 21.8. The number of benzene rings is 1. The second-order valence-corrected chi connectivity index (χ2v) is 4.31. The van der Waals surface area contributed by atoms with Gasteiger partial charge in [0.1, 0.15) is 0 Å². The molecule has 0 bridgehead atoms. The number of non-ortho nitro benzene ring substituents is 1. The summed E-state index contributed by atoms with van der Waals surface area (Å²) in [7, 11) is 0. The maximum atomic E-state index is 11.7. The zero-order chi connectivity index (χ0) is 15.0. The average Bonchev–Trinajstić information content (AvgIpc) is 2.45. The molecule has 6 nitrogen and oxygen atoms in total. The summed E-state index contributed by atoms with van der Waals surface area (Å²) in [5.41, 5.74) is 0.573. The lowest BCUT2D eigenvalue weighted by molar-refractivity contribution is -0.384. The molecule has 2 N–H and O–H groups in total. The van der Waals surface area contributed by atoms with E-state index in [1.54, 1.807) is 12.1 Å². The maximum absolute atomic E-state index is 11.7. The van der Waals surface area contributed by atoms with Crippen LogP contribution in [0.25, 0.3) is 6.08 Å². The number of nitrogens with one attached hydrogen (secondary N) is 1. The number of nitro benzene ring substituents is 1. The number of hydrogen-bond donors (Lipinski definition) is 2. The highest BCUT2D eigenvalue weighted by atomic mass is 16.6. The van der Waals surface area contributed by atoms with Crippen LogP contribution in [0.5, 0.6) is 0 Å². The number of aliphatic hydroxyl groups excluding tert-OH is 1. The maximum Gasteiger partial charge on any atom is 0.270 e. The van der Waals surface area contributed by atoms with E-state index in [1.165, 1.54) is 24.3 Å². The molecule has 0 aliphatic carbocycles. The van der Waals surface area contributed by atoms with Gasteiger partial charge in [0.2, 0.25) is 5.91 Å². The normalized spacial score (nSPS) is 12.3. The van der Waals surface area contributed by atoms with E-state index in [0.29, 0.717) is 12.0 Å². The number of hydrogen-bond acceptors (Lipinski definition) is 4. The summed E-state index contributed by atoms with van der Waals surface area (Å²) in [6.07, 6.45) is 4.09. The van der Waals surface area contributed by atoms with E-state index < -0.39 is 4.92 Å². The monoisotopic (exact) mass is 278 g/mol. The molecule has 1 unspecified atom stereocenters. The van der Waals surface area contributed by atoms with Gasteiger partial charge in [-0.05, 0) is 24.5 Å². The Kier molecular flexibility index (Phi) is 6.39. The highest BCUT2D eigenvalue weighted by molar-refractivity contribution is 5.91. The van der Waals surface area contributed by atoms with Gasteiger partial charge in [-0.1, -0.05) is 19.1 Å². The molecular formula is C14H18N2O4. The summed E-state index contributed by atoms with van der Waals surface area (Å²) in [6.45, 7) is 1.94. The largest absolute Gasteiger partial charge is 0.396 e. The van der Waals surface area contributed by atoms with Gasteiger partial charge in [-0.3, -0.25) is 14.9 Å². The predicted molar refractivity (Wildman–Crippen MR) is 76.1 cm³/mol. The summed E-state index contributed by atoms with van der Waals surface area (Å²) >= 11 is 0. The van der Waals surface area contributed by atoms with Gasteiger partial charge >= 0.3 is 0 Å². The van der Waals surface area contributed by atoms with Crippen molar-refractivity contribution < 1.29 is 14.8 Å². The van der Waals surface area contributed by atoms with Gasteiger partial charge in [-0.15, -0.1) is 0 Å². The lowest BCUT2D eigenvalue weighted by Gasteiger charge is -2.13. The van der Waals surface area contributed by atoms with Crippen LogP contribution in [0.3, 0.4) is 0 Å². The molecule has 108 valence electrons. The molecule has 0 heterocycles. The predicted octanol–water partition coefficient (Wildman–Crippen LogP) is 1.89. The molecule has 1 aromatic rings. The molecule has 0 fully saturated rings. The third kappa shape index (κ3) is 5.19. The molecule has 0 aliphatic heterocycles. The minimum Gasteiger partial charge on any atom is -0.396 e. The van der Waals surface area contributed by atoms with Crippen molar-refractivity contribution in [2.45, 2.75) is 25.8 Å². The Bertz CT molecular complexity index is 500. The van der Waals surface area contributed by atoms with Crippen LogP contribution in [0.15, 0.2) is 30.3 Å². The molecule has 20 heavy (non-hydrogen) atoms. The van der Waals surface area contributed by atoms with Crippen LogP contribution in [0.2, 0.25) is 0 Å². The van der Waals surface area contributed by atoms with E-state index in [9.17, 15) is 14.9 Å². The van der Waals surface area contributed by atoms with E-state index in [1.807, 2.05) is 6.92 Å². The van der Waals surface area contributed by atoms with Gasteiger partial charge in [-0.2, -0.15) is 0 Å². The van der Waals surface area contributed by atoms with E-state index in [-0.39, 0.29) is 24.2 Å². The Labute approximate surface area is 117 Å². The second kappa shape index (κ2) is 8.06. The molecule has 1 aromatic carbocycles. The molecule has 0 aliphatic rings. The Morgan fingerprint density at radius 3 is 2.90 bits per heavy atom. The number of rotatable bonds is 7. The van der Waals surface area contributed by atoms with E-state index >= 15 is 0 Å². The number of amides is 1. The zero-order valence-corrected chi connectivity index (χ0v) is 11.3. The minimum absolute atomic E-state index is 0.0146. The van der Waals surface area contributed by atoms with Crippen LogP contribution in [-0.4, -0.2) is 28.6 Å². The molecule has 1 atom stereocenters. The summed E-state index contributed by atoms with van der Waals surface area (Å²) in [5.74, 6) is -0.281. The highest BCUT2D eigenvalue weighted by Crippen LogP contribution is 2.14. The van der Waals surface area contributed by atoms with Crippen molar-refractivity contribution in [2.75, 3.05) is 6.61 Å².